The van der Waals surface area contributed by atoms with Gasteiger partial charge in [0.25, 0.3) is 0 Å². The number of amides is 1. The van der Waals surface area contributed by atoms with E-state index < -0.39 is 11.9 Å². The third kappa shape index (κ3) is 2.78. The van der Waals surface area contributed by atoms with Gasteiger partial charge in [0.05, 0.1) is 18.0 Å². The minimum atomic E-state index is -0.819. The maximum Gasteiger partial charge on any atom is 0.308 e. The Bertz CT molecular complexity index is 691. The highest BCUT2D eigenvalue weighted by Gasteiger charge is 2.33. The van der Waals surface area contributed by atoms with Gasteiger partial charge in [0.2, 0.25) is 5.91 Å². The fourth-order valence-corrected chi connectivity index (χ4v) is 3.84. The predicted octanol–water partition coefficient (Wildman–Crippen LogP) is 1.62. The van der Waals surface area contributed by atoms with E-state index in [0.717, 1.165) is 29.2 Å². The second-order valence-corrected chi connectivity index (χ2v) is 6.32. The normalized spacial score (nSPS) is 21.8. The summed E-state index contributed by atoms with van der Waals surface area (Å²) >= 11 is 1.50. The van der Waals surface area contributed by atoms with Gasteiger partial charge in [-0.25, -0.2) is 4.98 Å². The molecule has 6 nitrogen and oxygen atoms in total. The summed E-state index contributed by atoms with van der Waals surface area (Å²) in [6, 6.07) is -0.242. The summed E-state index contributed by atoms with van der Waals surface area (Å²) < 4.78 is 1.92. The molecule has 0 bridgehead atoms. The number of carbonyl (C=O) groups is 2. The molecule has 1 saturated carbocycles. The second-order valence-electron chi connectivity index (χ2n) is 5.49. The molecule has 0 saturated heterocycles. The summed E-state index contributed by atoms with van der Waals surface area (Å²) in [6.07, 6.45) is 4.39. The third-order valence-electron chi connectivity index (χ3n) is 3.93. The van der Waals surface area contributed by atoms with Crippen LogP contribution in [0.25, 0.3) is 4.96 Å². The van der Waals surface area contributed by atoms with E-state index in [0.29, 0.717) is 6.42 Å². The Morgan fingerprint density at radius 3 is 3.10 bits per heavy atom. The second kappa shape index (κ2) is 5.48. The monoisotopic (exact) mass is 307 g/mol. The number of nitrogens with zero attached hydrogens (tertiary/aromatic N) is 2. The van der Waals surface area contributed by atoms with E-state index in [9.17, 15) is 9.59 Å². The highest BCUT2D eigenvalue weighted by atomic mass is 32.1. The number of aryl methyl sites for hydroxylation is 1. The standard InChI is InChI=1S/C14H17N3O3S/c1-8-6-17-9(7-21-14(17)15-8)5-12(18)16-11-4-2-3-10(11)13(19)20/h6-7,10-11H,2-5H2,1H3,(H,16,18)(H,19,20). The van der Waals surface area contributed by atoms with Crippen LogP contribution in [0.1, 0.15) is 30.7 Å². The van der Waals surface area contributed by atoms with Crippen molar-refractivity contribution in [2.24, 2.45) is 5.92 Å². The highest BCUT2D eigenvalue weighted by Crippen LogP contribution is 2.26. The minimum absolute atomic E-state index is 0.126. The van der Waals surface area contributed by atoms with Gasteiger partial charge in [0.1, 0.15) is 0 Å². The number of nitrogens with one attached hydrogen (secondary N) is 1. The van der Waals surface area contributed by atoms with Gasteiger partial charge in [0.15, 0.2) is 4.96 Å². The van der Waals surface area contributed by atoms with E-state index in [1.807, 2.05) is 22.9 Å². The number of carboxylic acid groups (broad SMARTS) is 1. The summed E-state index contributed by atoms with van der Waals surface area (Å²) in [6.45, 7) is 1.92. The molecule has 0 spiro atoms. The van der Waals surface area contributed by atoms with Crippen LogP contribution in [0.3, 0.4) is 0 Å². The molecule has 1 aliphatic rings. The van der Waals surface area contributed by atoms with Gasteiger partial charge in [-0.3, -0.25) is 14.0 Å². The van der Waals surface area contributed by atoms with E-state index in [4.69, 9.17) is 5.11 Å². The summed E-state index contributed by atoms with van der Waals surface area (Å²) in [4.78, 5) is 28.5. The Hall–Kier alpha value is -1.89. The molecule has 1 amide bonds. The van der Waals surface area contributed by atoms with Crippen molar-refractivity contribution in [1.82, 2.24) is 14.7 Å². The summed E-state index contributed by atoms with van der Waals surface area (Å²) in [5.41, 5.74) is 1.81. The van der Waals surface area contributed by atoms with Crippen LogP contribution >= 0.6 is 11.3 Å². The number of hydrogen-bond acceptors (Lipinski definition) is 4. The van der Waals surface area contributed by atoms with Crippen LogP contribution in [-0.4, -0.2) is 32.4 Å². The first-order chi connectivity index (χ1) is 10.0. The molecule has 2 aromatic heterocycles. The van der Waals surface area contributed by atoms with Gasteiger partial charge in [-0.05, 0) is 19.8 Å². The molecule has 1 fully saturated rings. The largest absolute Gasteiger partial charge is 0.481 e. The van der Waals surface area contributed by atoms with Crippen molar-refractivity contribution in [2.75, 3.05) is 0 Å². The first-order valence-corrected chi connectivity index (χ1v) is 7.87. The molecular formula is C14H17N3O3S. The third-order valence-corrected chi connectivity index (χ3v) is 4.81. The topological polar surface area (TPSA) is 83.7 Å². The lowest BCUT2D eigenvalue weighted by Gasteiger charge is -2.17. The number of imidazole rings is 1. The molecule has 2 N–H and O–H groups in total. The maximum atomic E-state index is 12.2. The van der Waals surface area contributed by atoms with Crippen LogP contribution in [0.5, 0.6) is 0 Å². The number of fused-ring (bicyclic) bond motifs is 1. The van der Waals surface area contributed by atoms with Gasteiger partial charge in [0, 0.05) is 23.3 Å². The molecule has 112 valence electrons. The average molecular weight is 307 g/mol. The Morgan fingerprint density at radius 2 is 2.33 bits per heavy atom. The smallest absolute Gasteiger partial charge is 0.308 e. The van der Waals surface area contributed by atoms with Gasteiger partial charge < -0.3 is 10.4 Å². The van der Waals surface area contributed by atoms with E-state index in [1.54, 1.807) is 0 Å². The zero-order valence-corrected chi connectivity index (χ0v) is 12.5. The maximum absolute atomic E-state index is 12.2. The van der Waals surface area contributed by atoms with Crippen molar-refractivity contribution in [1.29, 1.82) is 0 Å². The Balaban J connectivity index is 1.67. The molecule has 21 heavy (non-hydrogen) atoms. The van der Waals surface area contributed by atoms with Crippen molar-refractivity contribution in [3.8, 4) is 0 Å². The first-order valence-electron chi connectivity index (χ1n) is 6.99. The van der Waals surface area contributed by atoms with Crippen molar-refractivity contribution in [3.63, 3.8) is 0 Å². The van der Waals surface area contributed by atoms with E-state index in [-0.39, 0.29) is 18.4 Å². The van der Waals surface area contributed by atoms with E-state index >= 15 is 0 Å². The minimum Gasteiger partial charge on any atom is -0.481 e. The fourth-order valence-electron chi connectivity index (χ4n) is 2.92. The predicted molar refractivity (Wildman–Crippen MR) is 78.4 cm³/mol. The van der Waals surface area contributed by atoms with Crippen molar-refractivity contribution >= 4 is 28.2 Å². The molecule has 7 heteroatoms. The average Bonchev–Trinajstić information content (AvgIpc) is 3.07. The lowest BCUT2D eigenvalue weighted by atomic mass is 10.0. The number of hydrogen-bond donors (Lipinski definition) is 2. The molecule has 2 heterocycles. The molecule has 2 atom stereocenters. The van der Waals surface area contributed by atoms with Crippen LogP contribution in [0, 0.1) is 12.8 Å². The zero-order valence-electron chi connectivity index (χ0n) is 11.7. The Kier molecular flexibility index (Phi) is 3.67. The van der Waals surface area contributed by atoms with Crippen molar-refractivity contribution in [2.45, 2.75) is 38.6 Å². The lowest BCUT2D eigenvalue weighted by molar-refractivity contribution is -0.142. The quantitative estimate of drug-likeness (QED) is 0.899. The summed E-state index contributed by atoms with van der Waals surface area (Å²) in [5.74, 6) is -1.40. The van der Waals surface area contributed by atoms with Gasteiger partial charge >= 0.3 is 5.97 Å². The van der Waals surface area contributed by atoms with Crippen LogP contribution in [0.4, 0.5) is 0 Å². The number of carbonyl (C=O) groups excluding carboxylic acids is 1. The summed E-state index contributed by atoms with van der Waals surface area (Å²) in [5, 5.41) is 13.9. The van der Waals surface area contributed by atoms with Crippen molar-refractivity contribution < 1.29 is 14.7 Å². The molecular weight excluding hydrogens is 290 g/mol. The van der Waals surface area contributed by atoms with Gasteiger partial charge in [-0.15, -0.1) is 11.3 Å². The molecule has 2 unspecified atom stereocenters. The molecule has 0 radical (unpaired) electrons. The molecule has 0 aliphatic heterocycles. The summed E-state index contributed by atoms with van der Waals surface area (Å²) in [7, 11) is 0. The van der Waals surface area contributed by atoms with Crippen LogP contribution in [-0.2, 0) is 16.0 Å². The number of thiazole rings is 1. The van der Waals surface area contributed by atoms with E-state index in [2.05, 4.69) is 10.3 Å². The lowest BCUT2D eigenvalue weighted by Crippen LogP contribution is -2.40. The molecule has 3 rings (SSSR count). The van der Waals surface area contributed by atoms with E-state index in [1.165, 1.54) is 11.3 Å². The number of rotatable bonds is 4. The zero-order chi connectivity index (χ0) is 15.0. The molecule has 1 aliphatic carbocycles. The number of carboxylic acids is 1. The highest BCUT2D eigenvalue weighted by molar-refractivity contribution is 7.15. The van der Waals surface area contributed by atoms with Crippen LogP contribution < -0.4 is 5.32 Å². The Morgan fingerprint density at radius 1 is 1.52 bits per heavy atom. The van der Waals surface area contributed by atoms with Crippen LogP contribution in [0.15, 0.2) is 11.6 Å². The first kappa shape index (κ1) is 14.1. The Labute approximate surface area is 125 Å². The SMILES string of the molecule is Cc1cn2c(CC(=O)NC3CCCC3C(=O)O)csc2n1. The number of aromatic nitrogens is 2. The fraction of sp³-hybridized carbons (Fsp3) is 0.500. The van der Waals surface area contributed by atoms with Crippen molar-refractivity contribution in [3.05, 3.63) is 23.0 Å². The van der Waals surface area contributed by atoms with Gasteiger partial charge in [-0.1, -0.05) is 6.42 Å². The molecule has 0 aromatic carbocycles. The van der Waals surface area contributed by atoms with Gasteiger partial charge in [-0.2, -0.15) is 0 Å². The molecule has 2 aromatic rings. The van der Waals surface area contributed by atoms with Crippen LogP contribution in [0.2, 0.25) is 0 Å². The number of aliphatic carboxylic acids is 1.